The van der Waals surface area contributed by atoms with Crippen LogP contribution in [0.4, 0.5) is 5.69 Å². The minimum absolute atomic E-state index is 0. The number of halogens is 1. The zero-order valence-corrected chi connectivity index (χ0v) is 15.6. The quantitative estimate of drug-likeness (QED) is 0.730. The van der Waals surface area contributed by atoms with Crippen LogP contribution in [0.5, 0.6) is 0 Å². The Morgan fingerprint density at radius 3 is 2.62 bits per heavy atom. The predicted molar refractivity (Wildman–Crippen MR) is 95.0 cm³/mol. The van der Waals surface area contributed by atoms with Crippen LogP contribution in [0.25, 0.3) is 0 Å². The van der Waals surface area contributed by atoms with Crippen molar-refractivity contribution in [3.63, 3.8) is 0 Å². The van der Waals surface area contributed by atoms with Gasteiger partial charge in [-0.2, -0.15) is 0 Å². The fourth-order valence-corrected chi connectivity index (χ4v) is 3.63. The fourth-order valence-electron chi connectivity index (χ4n) is 2.17. The third kappa shape index (κ3) is 6.03. The van der Waals surface area contributed by atoms with E-state index in [1.165, 1.54) is 12.1 Å². The molecule has 7 nitrogen and oxygen atoms in total. The van der Waals surface area contributed by atoms with Crippen molar-refractivity contribution < 1.29 is 17.9 Å². The van der Waals surface area contributed by atoms with E-state index in [1.54, 1.807) is 32.9 Å². The van der Waals surface area contributed by atoms with E-state index in [4.69, 9.17) is 4.74 Å². The van der Waals surface area contributed by atoms with Crippen molar-refractivity contribution in [3.05, 3.63) is 24.3 Å². The number of rotatable bonds is 4. The van der Waals surface area contributed by atoms with E-state index in [1.807, 2.05) is 0 Å². The number of sulfonamides is 1. The Labute approximate surface area is 149 Å². The van der Waals surface area contributed by atoms with Gasteiger partial charge >= 0.3 is 0 Å². The molecule has 1 heterocycles. The predicted octanol–water partition coefficient (Wildman–Crippen LogP) is 1.11. The highest BCUT2D eigenvalue weighted by Crippen LogP contribution is 2.17. The first-order valence-corrected chi connectivity index (χ1v) is 8.92. The molecule has 1 aliphatic rings. The van der Waals surface area contributed by atoms with Crippen molar-refractivity contribution in [1.29, 1.82) is 0 Å². The zero-order chi connectivity index (χ0) is 17.1. The molecule has 0 radical (unpaired) electrons. The summed E-state index contributed by atoms with van der Waals surface area (Å²) in [4.78, 5) is 12.2. The van der Waals surface area contributed by atoms with Gasteiger partial charge in [0.1, 0.15) is 6.04 Å². The topological polar surface area (TPSA) is 96.5 Å². The summed E-state index contributed by atoms with van der Waals surface area (Å²) in [5.41, 5.74) is -0.152. The molecule has 1 aromatic rings. The maximum absolute atomic E-state index is 12.3. The Balaban J connectivity index is 0.00000288. The Hall–Kier alpha value is -1.19. The van der Waals surface area contributed by atoms with Crippen molar-refractivity contribution in [3.8, 4) is 0 Å². The van der Waals surface area contributed by atoms with Crippen molar-refractivity contribution in [2.75, 3.05) is 25.1 Å². The molecule has 24 heavy (non-hydrogen) atoms. The first kappa shape index (κ1) is 20.9. The fraction of sp³-hybridized carbons (Fsp3) is 0.533. The number of ether oxygens (including phenoxy) is 1. The lowest BCUT2D eigenvalue weighted by molar-refractivity contribution is -0.120. The molecule has 3 N–H and O–H groups in total. The number of benzene rings is 1. The average Bonchev–Trinajstić information content (AvgIpc) is 2.46. The van der Waals surface area contributed by atoms with Gasteiger partial charge in [0.25, 0.3) is 0 Å². The van der Waals surface area contributed by atoms with Crippen LogP contribution in [-0.2, 0) is 19.6 Å². The lowest BCUT2D eigenvalue weighted by atomic mass is 10.1. The zero-order valence-electron chi connectivity index (χ0n) is 14.0. The maximum atomic E-state index is 12.3. The summed E-state index contributed by atoms with van der Waals surface area (Å²) in [6.07, 6.45) is 0. The molecule has 136 valence electrons. The van der Waals surface area contributed by atoms with Crippen LogP contribution < -0.4 is 15.4 Å². The van der Waals surface area contributed by atoms with E-state index in [0.717, 1.165) is 0 Å². The van der Waals surface area contributed by atoms with Crippen LogP contribution in [0.3, 0.4) is 0 Å². The number of morpholine rings is 1. The molecule has 1 aromatic carbocycles. The Kier molecular flexibility index (Phi) is 7.18. The molecule has 1 aliphatic heterocycles. The molecular formula is C15H24ClN3O4S. The van der Waals surface area contributed by atoms with Gasteiger partial charge in [-0.25, -0.2) is 13.1 Å². The van der Waals surface area contributed by atoms with Gasteiger partial charge in [0.15, 0.2) is 0 Å². The van der Waals surface area contributed by atoms with Crippen molar-refractivity contribution >= 4 is 34.0 Å². The van der Waals surface area contributed by atoms with Crippen molar-refractivity contribution in [2.45, 2.75) is 37.2 Å². The highest BCUT2D eigenvalue weighted by molar-refractivity contribution is 7.89. The summed E-state index contributed by atoms with van der Waals surface area (Å²) in [6.45, 7) is 6.80. The largest absolute Gasteiger partial charge is 0.378 e. The molecule has 0 aromatic heterocycles. The van der Waals surface area contributed by atoms with Gasteiger partial charge < -0.3 is 15.4 Å². The molecule has 0 saturated carbocycles. The molecule has 0 bridgehead atoms. The van der Waals surface area contributed by atoms with E-state index >= 15 is 0 Å². The van der Waals surface area contributed by atoms with Crippen LogP contribution in [0.15, 0.2) is 29.2 Å². The van der Waals surface area contributed by atoms with E-state index in [9.17, 15) is 13.2 Å². The summed E-state index contributed by atoms with van der Waals surface area (Å²) < 4.78 is 32.5. The summed E-state index contributed by atoms with van der Waals surface area (Å²) >= 11 is 0. The SMILES string of the molecule is CC(C)(C)NS(=O)(=O)c1cccc(NC(=O)C2COCCN2)c1.Cl. The smallest absolute Gasteiger partial charge is 0.243 e. The number of hydrogen-bond donors (Lipinski definition) is 3. The number of nitrogens with one attached hydrogen (secondary N) is 3. The van der Waals surface area contributed by atoms with Crippen LogP contribution in [-0.4, -0.2) is 45.7 Å². The number of anilines is 1. The second-order valence-corrected chi connectivity index (χ2v) is 8.14. The third-order valence-electron chi connectivity index (χ3n) is 3.09. The normalized spacial score (nSPS) is 18.5. The molecule has 1 amide bonds. The molecule has 0 aliphatic carbocycles. The van der Waals surface area contributed by atoms with Crippen LogP contribution in [0, 0.1) is 0 Å². The molecule has 1 fully saturated rings. The summed E-state index contributed by atoms with van der Waals surface area (Å²) in [7, 11) is -3.64. The Bertz CT molecular complexity index is 668. The minimum Gasteiger partial charge on any atom is -0.378 e. The van der Waals surface area contributed by atoms with Crippen molar-refractivity contribution in [2.24, 2.45) is 0 Å². The van der Waals surface area contributed by atoms with Gasteiger partial charge in [-0.1, -0.05) is 6.07 Å². The van der Waals surface area contributed by atoms with E-state index < -0.39 is 21.6 Å². The molecule has 9 heteroatoms. The van der Waals surface area contributed by atoms with E-state index in [2.05, 4.69) is 15.4 Å². The second kappa shape index (κ2) is 8.26. The van der Waals surface area contributed by atoms with Gasteiger partial charge in [0, 0.05) is 17.8 Å². The first-order valence-electron chi connectivity index (χ1n) is 7.43. The molecule has 1 saturated heterocycles. The molecular weight excluding hydrogens is 354 g/mol. The van der Waals surface area contributed by atoms with E-state index in [0.29, 0.717) is 25.4 Å². The monoisotopic (exact) mass is 377 g/mol. The molecule has 0 spiro atoms. The minimum atomic E-state index is -3.64. The van der Waals surface area contributed by atoms with Gasteiger partial charge in [-0.3, -0.25) is 4.79 Å². The van der Waals surface area contributed by atoms with Crippen LogP contribution in [0.2, 0.25) is 0 Å². The second-order valence-electron chi connectivity index (χ2n) is 6.45. The Morgan fingerprint density at radius 1 is 1.33 bits per heavy atom. The Morgan fingerprint density at radius 2 is 2.04 bits per heavy atom. The highest BCUT2D eigenvalue weighted by atomic mass is 35.5. The van der Waals surface area contributed by atoms with Gasteiger partial charge in [-0.05, 0) is 39.0 Å². The third-order valence-corrected chi connectivity index (χ3v) is 4.85. The maximum Gasteiger partial charge on any atom is 0.243 e. The molecule has 1 atom stereocenters. The number of carbonyl (C=O) groups is 1. The van der Waals surface area contributed by atoms with Gasteiger partial charge in [-0.15, -0.1) is 12.4 Å². The molecule has 2 rings (SSSR count). The number of carbonyl (C=O) groups excluding carboxylic acids is 1. The highest BCUT2D eigenvalue weighted by Gasteiger charge is 2.24. The summed E-state index contributed by atoms with van der Waals surface area (Å²) in [6, 6.07) is 5.74. The van der Waals surface area contributed by atoms with Gasteiger partial charge in [0.05, 0.1) is 18.1 Å². The summed E-state index contributed by atoms with van der Waals surface area (Å²) in [5, 5.41) is 5.76. The summed E-state index contributed by atoms with van der Waals surface area (Å²) in [5.74, 6) is -0.247. The van der Waals surface area contributed by atoms with Crippen molar-refractivity contribution in [1.82, 2.24) is 10.0 Å². The first-order chi connectivity index (χ1) is 10.7. The lowest BCUT2D eigenvalue weighted by Crippen LogP contribution is -2.48. The lowest BCUT2D eigenvalue weighted by Gasteiger charge is -2.23. The standard InChI is InChI=1S/C15H23N3O4S.ClH/c1-15(2,3)18-23(20,21)12-6-4-5-11(9-12)17-14(19)13-10-22-8-7-16-13;/h4-6,9,13,16,18H,7-8,10H2,1-3H3,(H,17,19);1H. The van der Waals surface area contributed by atoms with Crippen LogP contribution in [0.1, 0.15) is 20.8 Å². The van der Waals surface area contributed by atoms with Crippen LogP contribution >= 0.6 is 12.4 Å². The molecule has 1 unspecified atom stereocenters. The van der Waals surface area contributed by atoms with E-state index in [-0.39, 0.29) is 23.2 Å². The number of amides is 1. The number of hydrogen-bond acceptors (Lipinski definition) is 5. The van der Waals surface area contributed by atoms with Gasteiger partial charge in [0.2, 0.25) is 15.9 Å². The average molecular weight is 378 g/mol.